The molecule has 0 saturated heterocycles. The number of hydrogen-bond acceptors (Lipinski definition) is 3. The highest BCUT2D eigenvalue weighted by molar-refractivity contribution is 6.13. The van der Waals surface area contributed by atoms with Gasteiger partial charge in [-0.3, -0.25) is 4.99 Å². The largest absolute Gasteiger partial charge is 0.479 e. The molecular weight excluding hydrogens is 379 g/mol. The summed E-state index contributed by atoms with van der Waals surface area (Å²) in [6.45, 7) is 1.76. The quantitative estimate of drug-likeness (QED) is 0.567. The van der Waals surface area contributed by atoms with E-state index < -0.39 is 17.3 Å². The molecule has 1 atom stereocenters. The zero-order chi connectivity index (χ0) is 21.6. The fourth-order valence-electron chi connectivity index (χ4n) is 3.32. The molecule has 0 amide bonds. The number of halogens is 1. The third kappa shape index (κ3) is 4.44. The zero-order valence-electron chi connectivity index (χ0n) is 16.5. The molecule has 3 aromatic rings. The highest BCUT2D eigenvalue weighted by Gasteiger charge is 2.37. The van der Waals surface area contributed by atoms with Gasteiger partial charge in [-0.15, -0.1) is 0 Å². The number of carboxylic acid groups (broad SMARTS) is 1. The average Bonchev–Trinajstić information content (AvgIpc) is 2.78. The molecule has 0 aliphatic heterocycles. The summed E-state index contributed by atoms with van der Waals surface area (Å²) in [6, 6.07) is 24.7. The molecule has 0 bridgehead atoms. The first-order valence-electron chi connectivity index (χ1n) is 9.61. The molecule has 150 valence electrons. The van der Waals surface area contributed by atoms with Gasteiger partial charge >= 0.3 is 5.97 Å². The van der Waals surface area contributed by atoms with Crippen molar-refractivity contribution in [2.45, 2.75) is 25.3 Å². The number of carboxylic acids is 1. The second-order valence-electron chi connectivity index (χ2n) is 6.99. The summed E-state index contributed by atoms with van der Waals surface area (Å²) in [5.74, 6) is -1.75. The van der Waals surface area contributed by atoms with Crippen LogP contribution in [-0.2, 0) is 11.2 Å². The Kier molecular flexibility index (Phi) is 6.38. The second kappa shape index (κ2) is 9.15. The van der Waals surface area contributed by atoms with Crippen LogP contribution in [0, 0.1) is 17.1 Å². The monoisotopic (exact) mass is 400 g/mol. The van der Waals surface area contributed by atoms with Gasteiger partial charge in [0.05, 0.1) is 11.3 Å². The van der Waals surface area contributed by atoms with Crippen molar-refractivity contribution >= 4 is 11.7 Å². The third-order valence-electron chi connectivity index (χ3n) is 5.05. The molecule has 0 aliphatic carbocycles. The van der Waals surface area contributed by atoms with E-state index in [-0.39, 0.29) is 18.4 Å². The second-order valence-corrected chi connectivity index (χ2v) is 6.99. The van der Waals surface area contributed by atoms with Gasteiger partial charge in [-0.05, 0) is 24.1 Å². The Morgan fingerprint density at radius 2 is 1.60 bits per heavy atom. The molecular formula is C25H21FN2O2. The molecule has 1 N–H and O–H groups in total. The van der Waals surface area contributed by atoms with E-state index in [1.165, 1.54) is 12.1 Å². The summed E-state index contributed by atoms with van der Waals surface area (Å²) in [5, 5.41) is 19.1. The van der Waals surface area contributed by atoms with Crippen LogP contribution < -0.4 is 0 Å². The predicted octanol–water partition coefficient (Wildman–Crippen LogP) is 5.01. The number of carbonyl (C=O) groups is 1. The van der Waals surface area contributed by atoms with Gasteiger partial charge in [-0.1, -0.05) is 73.7 Å². The first kappa shape index (κ1) is 20.9. The zero-order valence-corrected chi connectivity index (χ0v) is 16.5. The minimum absolute atomic E-state index is 0.00459. The lowest BCUT2D eigenvalue weighted by Gasteiger charge is -2.26. The van der Waals surface area contributed by atoms with Crippen LogP contribution in [0.1, 0.15) is 35.6 Å². The van der Waals surface area contributed by atoms with E-state index in [0.29, 0.717) is 11.3 Å². The number of benzene rings is 3. The summed E-state index contributed by atoms with van der Waals surface area (Å²) < 4.78 is 14.1. The van der Waals surface area contributed by atoms with Crippen LogP contribution in [0.4, 0.5) is 4.39 Å². The molecule has 0 fully saturated rings. The van der Waals surface area contributed by atoms with E-state index in [2.05, 4.69) is 0 Å². The van der Waals surface area contributed by atoms with Gasteiger partial charge in [0.1, 0.15) is 11.9 Å². The van der Waals surface area contributed by atoms with Crippen molar-refractivity contribution in [2.24, 2.45) is 4.99 Å². The smallest absolute Gasteiger partial charge is 0.331 e. The fourth-order valence-corrected chi connectivity index (χ4v) is 3.32. The molecule has 0 radical (unpaired) electrons. The first-order valence-corrected chi connectivity index (χ1v) is 9.61. The van der Waals surface area contributed by atoms with Crippen molar-refractivity contribution in [3.05, 3.63) is 107 Å². The standard InChI is InChI=1S/C25H21FN2O2/c1-2-25(24(29)30,16-18-13-14-21(17-27)22(26)15-18)28-23(19-9-5-3-6-10-19)20-11-7-4-8-12-20/h3-15H,2,16H2,1H3,(H,29,30). The average molecular weight is 400 g/mol. The molecule has 0 heterocycles. The topological polar surface area (TPSA) is 73.5 Å². The first-order chi connectivity index (χ1) is 14.5. The Hall–Kier alpha value is -3.78. The van der Waals surface area contributed by atoms with Crippen LogP contribution in [0.25, 0.3) is 0 Å². The van der Waals surface area contributed by atoms with E-state index in [0.717, 1.165) is 11.1 Å². The number of nitriles is 1. The highest BCUT2D eigenvalue weighted by atomic mass is 19.1. The molecule has 4 nitrogen and oxygen atoms in total. The van der Waals surface area contributed by atoms with Gasteiger partial charge in [-0.25, -0.2) is 9.18 Å². The van der Waals surface area contributed by atoms with E-state index in [1.54, 1.807) is 19.1 Å². The van der Waals surface area contributed by atoms with Crippen LogP contribution in [-0.4, -0.2) is 22.3 Å². The molecule has 0 saturated carbocycles. The number of hydrogen-bond donors (Lipinski definition) is 1. The van der Waals surface area contributed by atoms with Crippen molar-refractivity contribution in [1.29, 1.82) is 5.26 Å². The third-order valence-corrected chi connectivity index (χ3v) is 5.05. The number of rotatable bonds is 7. The predicted molar refractivity (Wildman–Crippen MR) is 114 cm³/mol. The maximum atomic E-state index is 14.1. The van der Waals surface area contributed by atoms with Gasteiger partial charge in [-0.2, -0.15) is 5.26 Å². The number of aliphatic imine (C=N–C) groups is 1. The van der Waals surface area contributed by atoms with Crippen LogP contribution in [0.15, 0.2) is 83.9 Å². The molecule has 3 aromatic carbocycles. The maximum Gasteiger partial charge on any atom is 0.331 e. The van der Waals surface area contributed by atoms with Crippen LogP contribution >= 0.6 is 0 Å². The molecule has 5 heteroatoms. The van der Waals surface area contributed by atoms with Gasteiger partial charge in [0.25, 0.3) is 0 Å². The number of nitrogens with zero attached hydrogens (tertiary/aromatic N) is 2. The van der Waals surface area contributed by atoms with Crippen molar-refractivity contribution in [1.82, 2.24) is 0 Å². The lowest BCUT2D eigenvalue weighted by molar-refractivity contribution is -0.143. The van der Waals surface area contributed by atoms with E-state index in [1.807, 2.05) is 60.7 Å². The molecule has 0 aromatic heterocycles. The van der Waals surface area contributed by atoms with Crippen LogP contribution in [0.2, 0.25) is 0 Å². The molecule has 3 rings (SSSR count). The Balaban J connectivity index is 2.15. The Morgan fingerprint density at radius 3 is 2.03 bits per heavy atom. The van der Waals surface area contributed by atoms with Crippen LogP contribution in [0.5, 0.6) is 0 Å². The number of aliphatic carboxylic acids is 1. The van der Waals surface area contributed by atoms with Crippen molar-refractivity contribution in [3.8, 4) is 6.07 Å². The van der Waals surface area contributed by atoms with Crippen LogP contribution in [0.3, 0.4) is 0 Å². The molecule has 1 unspecified atom stereocenters. The Bertz CT molecular complexity index is 1060. The normalized spacial score (nSPS) is 12.4. The minimum Gasteiger partial charge on any atom is -0.479 e. The van der Waals surface area contributed by atoms with Crippen molar-refractivity contribution in [2.75, 3.05) is 0 Å². The molecule has 0 spiro atoms. The maximum absolute atomic E-state index is 14.1. The van der Waals surface area contributed by atoms with Gasteiger partial charge in [0.15, 0.2) is 5.54 Å². The highest BCUT2D eigenvalue weighted by Crippen LogP contribution is 2.27. The lowest BCUT2D eigenvalue weighted by Crippen LogP contribution is -2.39. The van der Waals surface area contributed by atoms with E-state index in [4.69, 9.17) is 10.3 Å². The van der Waals surface area contributed by atoms with Crippen molar-refractivity contribution in [3.63, 3.8) is 0 Å². The SMILES string of the molecule is CCC(Cc1ccc(C#N)c(F)c1)(N=C(c1ccccc1)c1ccccc1)C(=O)O. The van der Waals surface area contributed by atoms with E-state index in [9.17, 15) is 14.3 Å². The summed E-state index contributed by atoms with van der Waals surface area (Å²) in [7, 11) is 0. The minimum atomic E-state index is -1.48. The fraction of sp³-hybridized carbons (Fsp3) is 0.160. The van der Waals surface area contributed by atoms with E-state index >= 15 is 0 Å². The Morgan fingerprint density at radius 1 is 1.03 bits per heavy atom. The molecule has 0 aliphatic rings. The lowest BCUT2D eigenvalue weighted by atomic mass is 9.87. The Labute approximate surface area is 175 Å². The summed E-state index contributed by atoms with van der Waals surface area (Å²) in [5.41, 5.74) is 1.08. The van der Waals surface area contributed by atoms with Crippen molar-refractivity contribution < 1.29 is 14.3 Å². The summed E-state index contributed by atoms with van der Waals surface area (Å²) in [6.07, 6.45) is 0.220. The summed E-state index contributed by atoms with van der Waals surface area (Å²) in [4.78, 5) is 17.2. The van der Waals surface area contributed by atoms with Gasteiger partial charge < -0.3 is 5.11 Å². The molecule has 30 heavy (non-hydrogen) atoms. The van der Waals surface area contributed by atoms with Gasteiger partial charge in [0, 0.05) is 17.5 Å². The summed E-state index contributed by atoms with van der Waals surface area (Å²) >= 11 is 0. The van der Waals surface area contributed by atoms with Gasteiger partial charge in [0.2, 0.25) is 0 Å².